The maximum absolute atomic E-state index is 10.7. The normalized spacial score (nSPS) is 15.2. The molecule has 0 aromatic carbocycles. The minimum atomic E-state index is -1.99. The van der Waals surface area contributed by atoms with E-state index in [4.69, 9.17) is 14.9 Å². The summed E-state index contributed by atoms with van der Waals surface area (Å²) in [7, 11) is 2.14. The molecule has 0 aromatic heterocycles. The van der Waals surface area contributed by atoms with Crippen molar-refractivity contribution in [1.29, 1.82) is 0 Å². The van der Waals surface area contributed by atoms with Crippen LogP contribution in [0.2, 0.25) is 0 Å². The number of carboxylic acid groups (broad SMARTS) is 4. The van der Waals surface area contributed by atoms with Gasteiger partial charge in [-0.1, -0.05) is 13.8 Å². The van der Waals surface area contributed by atoms with Crippen LogP contribution in [0, 0.1) is 0 Å². The molecule has 0 heterocycles. The van der Waals surface area contributed by atoms with Crippen molar-refractivity contribution >= 4 is 36.4 Å². The SMILES string of the molecule is CCC(C=O)OC(C(=O)[O-])C(C=O)OC.CCC(OC(C(=O)[O-])C(OC)C(=O)O)C(=O)O.[Na+].[Na+]. The van der Waals surface area contributed by atoms with Gasteiger partial charge in [-0.05, 0) is 12.8 Å². The van der Waals surface area contributed by atoms with Crippen molar-refractivity contribution in [3.05, 3.63) is 0 Å². The van der Waals surface area contributed by atoms with Crippen molar-refractivity contribution in [2.75, 3.05) is 14.2 Å². The first-order chi connectivity index (χ1) is 14.9. The van der Waals surface area contributed by atoms with Crippen LogP contribution in [0.5, 0.6) is 0 Å². The minimum absolute atomic E-state index is 0. The van der Waals surface area contributed by atoms with Crippen LogP contribution in [-0.2, 0) is 47.7 Å². The zero-order valence-electron chi connectivity index (χ0n) is 19.8. The first kappa shape index (κ1) is 40.2. The van der Waals surface area contributed by atoms with E-state index in [-0.39, 0.29) is 71.8 Å². The van der Waals surface area contributed by atoms with Crippen molar-refractivity contribution < 1.29 is 127 Å². The molecular formula is C18H26Na2O14. The van der Waals surface area contributed by atoms with Crippen LogP contribution in [0.1, 0.15) is 26.7 Å². The summed E-state index contributed by atoms with van der Waals surface area (Å²) >= 11 is 0. The Kier molecular flexibility index (Phi) is 26.7. The molecule has 0 aliphatic carbocycles. The summed E-state index contributed by atoms with van der Waals surface area (Å²) in [4.78, 5) is 63.5. The van der Waals surface area contributed by atoms with Gasteiger partial charge in [0.2, 0.25) is 0 Å². The number of carbonyl (C=O) groups is 6. The molecule has 0 fully saturated rings. The quantitative estimate of drug-likeness (QED) is 0.145. The Hall–Kier alpha value is -0.940. The first-order valence-electron chi connectivity index (χ1n) is 9.09. The predicted octanol–water partition coefficient (Wildman–Crippen LogP) is -9.59. The second kappa shape index (κ2) is 22.5. The maximum Gasteiger partial charge on any atom is 1.00 e. The van der Waals surface area contributed by atoms with Gasteiger partial charge >= 0.3 is 71.1 Å². The van der Waals surface area contributed by atoms with Crippen LogP contribution in [0.25, 0.3) is 0 Å². The van der Waals surface area contributed by atoms with Gasteiger partial charge in [0.05, 0.1) is 11.9 Å². The summed E-state index contributed by atoms with van der Waals surface area (Å²) in [5, 5.41) is 38.7. The third kappa shape index (κ3) is 15.1. The number of carboxylic acids is 4. The molecule has 0 aliphatic heterocycles. The summed E-state index contributed by atoms with van der Waals surface area (Å²) in [6.07, 6.45) is -7.93. The van der Waals surface area contributed by atoms with Gasteiger partial charge in [-0.3, -0.25) is 0 Å². The van der Waals surface area contributed by atoms with Gasteiger partial charge in [0, 0.05) is 14.2 Å². The van der Waals surface area contributed by atoms with Gasteiger partial charge in [0.25, 0.3) is 0 Å². The number of hydrogen-bond acceptors (Lipinski definition) is 12. The molecule has 0 radical (unpaired) electrons. The Morgan fingerprint density at radius 1 is 0.765 bits per heavy atom. The van der Waals surface area contributed by atoms with Gasteiger partial charge in [0.1, 0.15) is 30.7 Å². The van der Waals surface area contributed by atoms with Gasteiger partial charge in [-0.15, -0.1) is 0 Å². The van der Waals surface area contributed by atoms with Crippen molar-refractivity contribution in [3.8, 4) is 0 Å². The first-order valence-corrected chi connectivity index (χ1v) is 9.09. The van der Waals surface area contributed by atoms with E-state index in [1.807, 2.05) is 0 Å². The van der Waals surface area contributed by atoms with Crippen LogP contribution in [0.4, 0.5) is 0 Å². The molecule has 0 saturated heterocycles. The molecule has 16 heteroatoms. The van der Waals surface area contributed by atoms with E-state index in [0.29, 0.717) is 12.7 Å². The van der Waals surface area contributed by atoms with Crippen LogP contribution in [0.3, 0.4) is 0 Å². The Morgan fingerprint density at radius 2 is 1.26 bits per heavy atom. The molecular weight excluding hydrogens is 486 g/mol. The molecule has 34 heavy (non-hydrogen) atoms. The predicted molar refractivity (Wildman–Crippen MR) is 96.9 cm³/mol. The molecule has 184 valence electrons. The number of carbonyl (C=O) groups excluding carboxylic acids is 4. The standard InChI is InChI=1S/C9H14O8.C9H14O6.2Na/c1-3-4(7(10)11)17-6(9(14)15)5(16-2)8(12)13;1-3-6(4-10)15-8(9(12)13)7(5-11)14-2;;/h4-6H,3H2,1-2H3,(H,10,11)(H,12,13)(H,14,15);4-8H,3H2,1-2H3,(H,12,13);;/q;;2*+1/p-2. The molecule has 0 bridgehead atoms. The fraction of sp³-hybridized carbons (Fsp3) is 0.667. The van der Waals surface area contributed by atoms with Crippen molar-refractivity contribution in [1.82, 2.24) is 0 Å². The summed E-state index contributed by atoms with van der Waals surface area (Å²) in [5.41, 5.74) is 0. The monoisotopic (exact) mass is 512 g/mol. The summed E-state index contributed by atoms with van der Waals surface area (Å²) in [6, 6.07) is 0. The Labute approximate surface area is 239 Å². The average Bonchev–Trinajstić information content (AvgIpc) is 2.73. The molecule has 0 aliphatic rings. The summed E-state index contributed by atoms with van der Waals surface area (Å²) < 4.78 is 18.5. The van der Waals surface area contributed by atoms with Crippen LogP contribution in [-0.4, -0.2) is 97.5 Å². The smallest absolute Gasteiger partial charge is 0.547 e. The number of methoxy groups -OCH3 is 2. The minimum Gasteiger partial charge on any atom is -0.547 e. The Morgan fingerprint density at radius 3 is 1.50 bits per heavy atom. The van der Waals surface area contributed by atoms with Crippen molar-refractivity contribution in [2.45, 2.75) is 63.3 Å². The fourth-order valence-electron chi connectivity index (χ4n) is 2.04. The second-order valence-electron chi connectivity index (χ2n) is 5.90. The van der Waals surface area contributed by atoms with Gasteiger partial charge in [-0.2, -0.15) is 0 Å². The van der Waals surface area contributed by atoms with E-state index in [1.54, 1.807) is 6.92 Å². The topological polar surface area (TPSA) is 226 Å². The van der Waals surface area contributed by atoms with E-state index in [0.717, 1.165) is 7.11 Å². The third-order valence-corrected chi connectivity index (χ3v) is 3.77. The molecule has 0 aromatic rings. The number of ether oxygens (including phenoxy) is 4. The summed E-state index contributed by atoms with van der Waals surface area (Å²) in [6.45, 7) is 3.10. The zero-order valence-corrected chi connectivity index (χ0v) is 23.8. The van der Waals surface area contributed by atoms with Crippen LogP contribution < -0.4 is 69.3 Å². The van der Waals surface area contributed by atoms with Crippen molar-refractivity contribution in [3.63, 3.8) is 0 Å². The number of rotatable bonds is 16. The third-order valence-electron chi connectivity index (χ3n) is 3.77. The van der Waals surface area contributed by atoms with Gasteiger partial charge < -0.3 is 58.6 Å². The fourth-order valence-corrected chi connectivity index (χ4v) is 2.04. The van der Waals surface area contributed by atoms with E-state index < -0.39 is 60.5 Å². The van der Waals surface area contributed by atoms with E-state index in [1.165, 1.54) is 14.0 Å². The van der Waals surface area contributed by atoms with Crippen LogP contribution in [0.15, 0.2) is 0 Å². The van der Waals surface area contributed by atoms with Gasteiger partial charge in [0.15, 0.2) is 18.5 Å². The van der Waals surface area contributed by atoms with Crippen LogP contribution >= 0.6 is 0 Å². The molecule has 0 spiro atoms. The maximum atomic E-state index is 10.7. The molecule has 0 saturated carbocycles. The molecule has 2 N–H and O–H groups in total. The molecule has 14 nitrogen and oxygen atoms in total. The zero-order chi connectivity index (χ0) is 25.4. The molecule has 6 atom stereocenters. The Balaban J connectivity index is -0.000000252. The second-order valence-corrected chi connectivity index (χ2v) is 5.90. The van der Waals surface area contributed by atoms with E-state index in [2.05, 4.69) is 14.2 Å². The molecule has 0 amide bonds. The van der Waals surface area contributed by atoms with E-state index in [9.17, 15) is 39.0 Å². The van der Waals surface area contributed by atoms with E-state index >= 15 is 0 Å². The number of hydrogen-bond donors (Lipinski definition) is 2. The number of aldehydes is 2. The summed E-state index contributed by atoms with van der Waals surface area (Å²) in [5.74, 6) is -6.41. The Bertz CT molecular complexity index is 644. The largest absolute Gasteiger partial charge is 1.00 e. The van der Waals surface area contributed by atoms with Gasteiger partial charge in [-0.25, -0.2) is 9.59 Å². The van der Waals surface area contributed by atoms with Crippen molar-refractivity contribution in [2.24, 2.45) is 0 Å². The number of aliphatic carboxylic acids is 4. The average molecular weight is 512 g/mol. The molecule has 0 rings (SSSR count). The molecule has 6 unspecified atom stereocenters.